The lowest BCUT2D eigenvalue weighted by Crippen LogP contribution is -2.30. The Morgan fingerprint density at radius 2 is 2.11 bits per heavy atom. The Labute approximate surface area is 115 Å². The molecule has 0 radical (unpaired) electrons. The van der Waals surface area contributed by atoms with E-state index in [0.29, 0.717) is 12.0 Å². The van der Waals surface area contributed by atoms with Crippen LogP contribution in [0.15, 0.2) is 12.3 Å². The van der Waals surface area contributed by atoms with Crippen molar-refractivity contribution in [2.45, 2.75) is 57.4 Å². The van der Waals surface area contributed by atoms with Crippen molar-refractivity contribution in [2.24, 2.45) is 17.8 Å². The van der Waals surface area contributed by atoms with E-state index >= 15 is 0 Å². The SMILES string of the molecule is C[C@@H](Nc1ccnc(C2CC2)n1)[C@H]1C[C@H]2CC[C@H]1C2. The first kappa shape index (κ1) is 11.7. The van der Waals surface area contributed by atoms with E-state index in [2.05, 4.69) is 22.2 Å². The normalized spacial score (nSPS) is 34.5. The molecule has 3 saturated carbocycles. The highest BCUT2D eigenvalue weighted by Crippen LogP contribution is 2.49. The Bertz CT molecular complexity index is 469. The topological polar surface area (TPSA) is 37.8 Å². The minimum absolute atomic E-state index is 0.553. The van der Waals surface area contributed by atoms with Gasteiger partial charge in [-0.1, -0.05) is 6.42 Å². The van der Waals surface area contributed by atoms with Crippen LogP contribution < -0.4 is 5.32 Å². The van der Waals surface area contributed by atoms with Crippen molar-refractivity contribution in [3.63, 3.8) is 0 Å². The molecule has 0 aliphatic heterocycles. The molecular formula is C16H23N3. The molecule has 1 N–H and O–H groups in total. The molecule has 4 atom stereocenters. The van der Waals surface area contributed by atoms with E-state index in [-0.39, 0.29) is 0 Å². The average molecular weight is 257 g/mol. The van der Waals surface area contributed by atoms with Crippen LogP contribution in [0.5, 0.6) is 0 Å². The molecule has 0 aromatic carbocycles. The van der Waals surface area contributed by atoms with Gasteiger partial charge in [0.25, 0.3) is 0 Å². The minimum Gasteiger partial charge on any atom is -0.367 e. The molecule has 19 heavy (non-hydrogen) atoms. The zero-order valence-electron chi connectivity index (χ0n) is 11.7. The molecule has 3 aliphatic carbocycles. The number of nitrogens with zero attached hydrogens (tertiary/aromatic N) is 2. The summed E-state index contributed by atoms with van der Waals surface area (Å²) < 4.78 is 0. The van der Waals surface area contributed by atoms with Crippen LogP contribution in [-0.2, 0) is 0 Å². The van der Waals surface area contributed by atoms with Crippen LogP contribution in [0.4, 0.5) is 5.82 Å². The maximum atomic E-state index is 4.69. The van der Waals surface area contributed by atoms with Crippen LogP contribution in [0.1, 0.15) is 57.2 Å². The van der Waals surface area contributed by atoms with E-state index in [0.717, 1.165) is 29.4 Å². The first-order valence-electron chi connectivity index (χ1n) is 7.89. The van der Waals surface area contributed by atoms with Gasteiger partial charge in [-0.05, 0) is 62.8 Å². The smallest absolute Gasteiger partial charge is 0.133 e. The summed E-state index contributed by atoms with van der Waals surface area (Å²) in [5.41, 5.74) is 0. The third kappa shape index (κ3) is 2.24. The van der Waals surface area contributed by atoms with Crippen molar-refractivity contribution in [2.75, 3.05) is 5.32 Å². The van der Waals surface area contributed by atoms with Gasteiger partial charge in [0.1, 0.15) is 11.6 Å². The summed E-state index contributed by atoms with van der Waals surface area (Å²) in [7, 11) is 0. The fraction of sp³-hybridized carbons (Fsp3) is 0.750. The van der Waals surface area contributed by atoms with Crippen LogP contribution in [0.2, 0.25) is 0 Å². The molecule has 2 bridgehead atoms. The number of hydrogen-bond donors (Lipinski definition) is 1. The number of anilines is 1. The lowest BCUT2D eigenvalue weighted by molar-refractivity contribution is 0.304. The van der Waals surface area contributed by atoms with Crippen molar-refractivity contribution in [3.05, 3.63) is 18.1 Å². The zero-order chi connectivity index (χ0) is 12.8. The van der Waals surface area contributed by atoms with E-state index in [1.165, 1.54) is 38.5 Å². The van der Waals surface area contributed by atoms with Crippen molar-refractivity contribution in [1.82, 2.24) is 9.97 Å². The van der Waals surface area contributed by atoms with Gasteiger partial charge in [0.05, 0.1) is 0 Å². The van der Waals surface area contributed by atoms with Crippen molar-refractivity contribution in [3.8, 4) is 0 Å². The Morgan fingerprint density at radius 1 is 1.21 bits per heavy atom. The Kier molecular flexibility index (Phi) is 2.75. The second-order valence-electron chi connectivity index (χ2n) is 6.85. The molecule has 3 nitrogen and oxygen atoms in total. The van der Waals surface area contributed by atoms with Crippen LogP contribution in [0, 0.1) is 17.8 Å². The summed E-state index contributed by atoms with van der Waals surface area (Å²) in [6.07, 6.45) is 10.3. The quantitative estimate of drug-likeness (QED) is 0.895. The molecule has 3 fully saturated rings. The molecule has 0 unspecified atom stereocenters. The van der Waals surface area contributed by atoms with Crippen LogP contribution in [0.3, 0.4) is 0 Å². The third-order valence-electron chi connectivity index (χ3n) is 5.43. The summed E-state index contributed by atoms with van der Waals surface area (Å²) in [4.78, 5) is 9.08. The second kappa shape index (κ2) is 4.46. The lowest BCUT2D eigenvalue weighted by Gasteiger charge is -2.28. The van der Waals surface area contributed by atoms with Gasteiger partial charge in [-0.3, -0.25) is 0 Å². The fourth-order valence-corrected chi connectivity index (χ4v) is 4.24. The predicted octanol–water partition coefficient (Wildman–Crippen LogP) is 3.59. The van der Waals surface area contributed by atoms with Crippen molar-refractivity contribution < 1.29 is 0 Å². The highest BCUT2D eigenvalue weighted by Gasteiger charge is 2.41. The molecule has 3 aliphatic rings. The summed E-state index contributed by atoms with van der Waals surface area (Å²) in [6, 6.07) is 2.58. The number of hydrogen-bond acceptors (Lipinski definition) is 3. The number of rotatable bonds is 4. The predicted molar refractivity (Wildman–Crippen MR) is 76.0 cm³/mol. The van der Waals surface area contributed by atoms with Crippen molar-refractivity contribution >= 4 is 5.82 Å². The minimum atomic E-state index is 0.553. The van der Waals surface area contributed by atoms with Gasteiger partial charge in [0.15, 0.2) is 0 Å². The van der Waals surface area contributed by atoms with E-state index in [1.807, 2.05) is 12.3 Å². The highest BCUT2D eigenvalue weighted by molar-refractivity contribution is 5.35. The lowest BCUT2D eigenvalue weighted by atomic mass is 9.84. The van der Waals surface area contributed by atoms with Gasteiger partial charge in [-0.25, -0.2) is 9.97 Å². The van der Waals surface area contributed by atoms with E-state index < -0.39 is 0 Å². The average Bonchev–Trinajstić information content (AvgIpc) is 3.07. The van der Waals surface area contributed by atoms with Crippen molar-refractivity contribution in [1.29, 1.82) is 0 Å². The fourth-order valence-electron chi connectivity index (χ4n) is 4.24. The largest absolute Gasteiger partial charge is 0.367 e. The van der Waals surface area contributed by atoms with Crippen LogP contribution in [0.25, 0.3) is 0 Å². The Morgan fingerprint density at radius 3 is 2.79 bits per heavy atom. The van der Waals surface area contributed by atoms with Gasteiger partial charge in [0.2, 0.25) is 0 Å². The van der Waals surface area contributed by atoms with E-state index in [4.69, 9.17) is 0 Å². The number of aromatic nitrogens is 2. The first-order valence-corrected chi connectivity index (χ1v) is 7.89. The summed E-state index contributed by atoms with van der Waals surface area (Å²) in [5, 5.41) is 3.64. The number of fused-ring (bicyclic) bond motifs is 2. The first-order chi connectivity index (χ1) is 9.29. The van der Waals surface area contributed by atoms with E-state index in [1.54, 1.807) is 0 Å². The molecule has 1 heterocycles. The van der Waals surface area contributed by atoms with Gasteiger partial charge in [-0.15, -0.1) is 0 Å². The molecule has 102 valence electrons. The molecule has 0 saturated heterocycles. The second-order valence-corrected chi connectivity index (χ2v) is 6.85. The monoisotopic (exact) mass is 257 g/mol. The number of nitrogens with one attached hydrogen (secondary N) is 1. The van der Waals surface area contributed by atoms with Gasteiger partial charge in [-0.2, -0.15) is 0 Å². The van der Waals surface area contributed by atoms with Gasteiger partial charge < -0.3 is 5.32 Å². The summed E-state index contributed by atoms with van der Waals surface area (Å²) >= 11 is 0. The third-order valence-corrected chi connectivity index (χ3v) is 5.43. The molecule has 1 aromatic heterocycles. The van der Waals surface area contributed by atoms with Crippen LogP contribution >= 0.6 is 0 Å². The molecule has 4 rings (SSSR count). The molecule has 0 spiro atoms. The molecule has 0 amide bonds. The van der Waals surface area contributed by atoms with Gasteiger partial charge >= 0.3 is 0 Å². The molecule has 1 aromatic rings. The maximum Gasteiger partial charge on any atom is 0.133 e. The summed E-state index contributed by atoms with van der Waals surface area (Å²) in [5.74, 6) is 5.57. The highest BCUT2D eigenvalue weighted by atomic mass is 15.1. The Hall–Kier alpha value is -1.12. The maximum absolute atomic E-state index is 4.69. The molecular weight excluding hydrogens is 234 g/mol. The zero-order valence-corrected chi connectivity index (χ0v) is 11.7. The Balaban J connectivity index is 1.44. The molecule has 3 heteroatoms. The van der Waals surface area contributed by atoms with Crippen LogP contribution in [-0.4, -0.2) is 16.0 Å². The van der Waals surface area contributed by atoms with Gasteiger partial charge in [0, 0.05) is 18.2 Å². The standard InChI is InChI=1S/C16H23N3/c1-10(14-9-11-2-3-13(14)8-11)18-15-6-7-17-16(19-15)12-4-5-12/h6-7,10-14H,2-5,8-9H2,1H3,(H,17,18,19)/t10-,11+,13+,14-/m1/s1. The van der Waals surface area contributed by atoms with E-state index in [9.17, 15) is 0 Å². The summed E-state index contributed by atoms with van der Waals surface area (Å²) in [6.45, 7) is 2.34.